The highest BCUT2D eigenvalue weighted by atomic mass is 127. The van der Waals surface area contributed by atoms with Crippen LogP contribution in [0.5, 0.6) is 5.75 Å². The van der Waals surface area contributed by atoms with Gasteiger partial charge in [-0.25, -0.2) is 4.98 Å². The van der Waals surface area contributed by atoms with Crippen molar-refractivity contribution in [2.45, 2.75) is 20.3 Å². The highest BCUT2D eigenvalue weighted by molar-refractivity contribution is 14.0. The lowest BCUT2D eigenvalue weighted by atomic mass is 10.2. The maximum absolute atomic E-state index is 5.74. The molecule has 0 bridgehead atoms. The van der Waals surface area contributed by atoms with Gasteiger partial charge in [-0.2, -0.15) is 0 Å². The molecule has 0 aliphatic carbocycles. The second-order valence-electron chi connectivity index (χ2n) is 6.30. The zero-order chi connectivity index (χ0) is 18.9. The number of aromatic nitrogens is 2. The molecule has 0 unspecified atom stereocenters. The van der Waals surface area contributed by atoms with Crippen LogP contribution in [0.25, 0.3) is 11.0 Å². The second-order valence-corrected chi connectivity index (χ2v) is 6.30. The first kappa shape index (κ1) is 22.0. The molecule has 0 spiro atoms. The molecule has 150 valence electrons. The molecule has 0 saturated carbocycles. The van der Waals surface area contributed by atoms with Crippen molar-refractivity contribution in [3.8, 4) is 5.75 Å². The Balaban J connectivity index is 0.00000280. The van der Waals surface area contributed by atoms with Crippen molar-refractivity contribution >= 4 is 41.0 Å². The first-order chi connectivity index (χ1) is 13.2. The Labute approximate surface area is 183 Å². The smallest absolute Gasteiger partial charge is 0.191 e. The highest BCUT2D eigenvalue weighted by Crippen LogP contribution is 2.11. The third-order valence-corrected chi connectivity index (χ3v) is 4.09. The standard InChI is InChI=1S/C21H27N5O.HI/c1-3-22-21(24-14-15-27-17-10-8-16(2)9-11-17)23-13-12-20-25-18-6-4-5-7-19(18)26-20;/h4-11H,3,12-15H2,1-2H3,(H,25,26)(H2,22,23,24);1H. The molecule has 0 aliphatic heterocycles. The van der Waals surface area contributed by atoms with Crippen molar-refractivity contribution in [1.29, 1.82) is 0 Å². The van der Waals surface area contributed by atoms with Gasteiger partial charge in [-0.1, -0.05) is 29.8 Å². The SMILES string of the molecule is CCNC(=NCCc1nc2ccccc2[nH]1)NCCOc1ccc(C)cc1.I. The Morgan fingerprint density at radius 3 is 2.64 bits per heavy atom. The fourth-order valence-corrected chi connectivity index (χ4v) is 2.71. The number of aromatic amines is 1. The predicted molar refractivity (Wildman–Crippen MR) is 126 cm³/mol. The highest BCUT2D eigenvalue weighted by Gasteiger charge is 2.02. The summed E-state index contributed by atoms with van der Waals surface area (Å²) >= 11 is 0. The lowest BCUT2D eigenvalue weighted by molar-refractivity contribution is 0.322. The number of H-pyrrole nitrogens is 1. The number of para-hydroxylation sites is 2. The van der Waals surface area contributed by atoms with Crippen LogP contribution in [-0.4, -0.2) is 42.2 Å². The van der Waals surface area contributed by atoms with E-state index in [1.54, 1.807) is 0 Å². The van der Waals surface area contributed by atoms with E-state index in [1.165, 1.54) is 5.56 Å². The number of halogens is 1. The summed E-state index contributed by atoms with van der Waals surface area (Å²) in [5, 5.41) is 6.55. The fraction of sp³-hybridized carbons (Fsp3) is 0.333. The van der Waals surface area contributed by atoms with E-state index in [-0.39, 0.29) is 24.0 Å². The van der Waals surface area contributed by atoms with Crippen LogP contribution in [-0.2, 0) is 6.42 Å². The van der Waals surface area contributed by atoms with Crippen molar-refractivity contribution in [3.63, 3.8) is 0 Å². The molecule has 0 saturated heterocycles. The minimum atomic E-state index is 0. The van der Waals surface area contributed by atoms with E-state index in [0.29, 0.717) is 19.7 Å². The molecule has 0 atom stereocenters. The molecule has 0 aliphatic rings. The van der Waals surface area contributed by atoms with Crippen LogP contribution in [0.3, 0.4) is 0 Å². The number of aliphatic imine (C=N–C) groups is 1. The number of hydrogen-bond donors (Lipinski definition) is 3. The Morgan fingerprint density at radius 2 is 1.89 bits per heavy atom. The second kappa shape index (κ2) is 11.5. The Kier molecular flexibility index (Phi) is 9.06. The van der Waals surface area contributed by atoms with Crippen molar-refractivity contribution < 1.29 is 4.74 Å². The maximum Gasteiger partial charge on any atom is 0.191 e. The van der Waals surface area contributed by atoms with Gasteiger partial charge < -0.3 is 20.4 Å². The van der Waals surface area contributed by atoms with E-state index in [1.807, 2.05) is 48.5 Å². The van der Waals surface area contributed by atoms with E-state index in [9.17, 15) is 0 Å². The molecule has 3 N–H and O–H groups in total. The maximum atomic E-state index is 5.74. The lowest BCUT2D eigenvalue weighted by Gasteiger charge is -2.12. The third kappa shape index (κ3) is 6.70. The number of ether oxygens (including phenoxy) is 1. The molecule has 6 nitrogen and oxygen atoms in total. The summed E-state index contributed by atoms with van der Waals surface area (Å²) in [6, 6.07) is 16.1. The van der Waals surface area contributed by atoms with E-state index in [2.05, 4.69) is 39.4 Å². The van der Waals surface area contributed by atoms with Gasteiger partial charge in [0.15, 0.2) is 5.96 Å². The Morgan fingerprint density at radius 1 is 1.11 bits per heavy atom. The third-order valence-electron chi connectivity index (χ3n) is 4.09. The summed E-state index contributed by atoms with van der Waals surface area (Å²) in [5.41, 5.74) is 3.29. The van der Waals surface area contributed by atoms with Crippen molar-refractivity contribution in [2.75, 3.05) is 26.2 Å². The average molecular weight is 493 g/mol. The summed E-state index contributed by atoms with van der Waals surface area (Å²) in [6.45, 7) is 6.86. The topological polar surface area (TPSA) is 74.3 Å². The van der Waals surface area contributed by atoms with Crippen LogP contribution in [0.2, 0.25) is 0 Å². The largest absolute Gasteiger partial charge is 0.492 e. The number of nitrogens with one attached hydrogen (secondary N) is 3. The molecule has 7 heteroatoms. The van der Waals surface area contributed by atoms with Crippen LogP contribution in [0, 0.1) is 6.92 Å². The molecule has 3 rings (SSSR count). The van der Waals surface area contributed by atoms with Gasteiger partial charge >= 0.3 is 0 Å². The van der Waals surface area contributed by atoms with Crippen LogP contribution < -0.4 is 15.4 Å². The number of nitrogens with zero attached hydrogens (tertiary/aromatic N) is 2. The predicted octanol–water partition coefficient (Wildman–Crippen LogP) is 3.67. The van der Waals surface area contributed by atoms with Gasteiger partial charge in [-0.15, -0.1) is 24.0 Å². The molecule has 1 heterocycles. The minimum Gasteiger partial charge on any atom is -0.492 e. The quantitative estimate of drug-likeness (QED) is 0.194. The lowest BCUT2D eigenvalue weighted by Crippen LogP contribution is -2.39. The van der Waals surface area contributed by atoms with Gasteiger partial charge in [0.1, 0.15) is 18.2 Å². The molecular formula is C21H28IN5O. The first-order valence-corrected chi connectivity index (χ1v) is 9.40. The molecule has 28 heavy (non-hydrogen) atoms. The fourth-order valence-electron chi connectivity index (χ4n) is 2.71. The number of imidazole rings is 1. The summed E-state index contributed by atoms with van der Waals surface area (Å²) in [7, 11) is 0. The van der Waals surface area contributed by atoms with Crippen molar-refractivity contribution in [1.82, 2.24) is 20.6 Å². The van der Waals surface area contributed by atoms with Crippen LogP contribution in [0.1, 0.15) is 18.3 Å². The first-order valence-electron chi connectivity index (χ1n) is 9.40. The van der Waals surface area contributed by atoms with Crippen LogP contribution in [0.15, 0.2) is 53.5 Å². The zero-order valence-electron chi connectivity index (χ0n) is 16.4. The van der Waals surface area contributed by atoms with Gasteiger partial charge in [0.25, 0.3) is 0 Å². The van der Waals surface area contributed by atoms with E-state index in [4.69, 9.17) is 4.74 Å². The monoisotopic (exact) mass is 493 g/mol. The molecule has 3 aromatic rings. The normalized spacial score (nSPS) is 11.1. The van der Waals surface area contributed by atoms with Gasteiger partial charge in [0, 0.05) is 19.5 Å². The van der Waals surface area contributed by atoms with Crippen LogP contribution >= 0.6 is 24.0 Å². The van der Waals surface area contributed by atoms with Gasteiger partial charge in [-0.3, -0.25) is 4.99 Å². The van der Waals surface area contributed by atoms with E-state index >= 15 is 0 Å². The Hall–Kier alpha value is -2.29. The van der Waals surface area contributed by atoms with Crippen LogP contribution in [0.4, 0.5) is 0 Å². The number of aryl methyl sites for hydroxylation is 1. The molecular weight excluding hydrogens is 465 g/mol. The number of guanidine groups is 1. The molecule has 2 aromatic carbocycles. The van der Waals surface area contributed by atoms with Crippen molar-refractivity contribution in [3.05, 3.63) is 59.9 Å². The summed E-state index contributed by atoms with van der Waals surface area (Å²) in [4.78, 5) is 12.5. The molecule has 0 fully saturated rings. The summed E-state index contributed by atoms with van der Waals surface area (Å²) in [6.07, 6.45) is 0.769. The van der Waals surface area contributed by atoms with Gasteiger partial charge in [0.05, 0.1) is 17.6 Å². The van der Waals surface area contributed by atoms with E-state index < -0.39 is 0 Å². The zero-order valence-corrected chi connectivity index (χ0v) is 18.7. The molecule has 0 radical (unpaired) electrons. The average Bonchev–Trinajstić information content (AvgIpc) is 3.09. The molecule has 0 amide bonds. The Bertz CT molecular complexity index is 843. The summed E-state index contributed by atoms with van der Waals surface area (Å²) < 4.78 is 5.74. The van der Waals surface area contributed by atoms with Gasteiger partial charge in [-0.05, 0) is 38.1 Å². The molecule has 1 aromatic heterocycles. The number of hydrogen-bond acceptors (Lipinski definition) is 3. The number of benzene rings is 2. The van der Waals surface area contributed by atoms with Gasteiger partial charge in [0.2, 0.25) is 0 Å². The minimum absolute atomic E-state index is 0. The number of fused-ring (bicyclic) bond motifs is 1. The number of rotatable bonds is 8. The van der Waals surface area contributed by atoms with E-state index in [0.717, 1.165) is 41.5 Å². The van der Waals surface area contributed by atoms with Crippen molar-refractivity contribution in [2.24, 2.45) is 4.99 Å². The summed E-state index contributed by atoms with van der Waals surface area (Å²) in [5.74, 6) is 2.63.